The molecule has 1 unspecified atom stereocenters. The molecule has 90 valence electrons. The van der Waals surface area contributed by atoms with E-state index in [9.17, 15) is 0 Å². The van der Waals surface area contributed by atoms with Crippen LogP contribution in [0.25, 0.3) is 0 Å². The van der Waals surface area contributed by atoms with Crippen molar-refractivity contribution in [2.45, 2.75) is 46.6 Å². The Balaban J connectivity index is 0. The number of nitriles is 1. The largest absolute Gasteiger partial charge is 0.316 e. The first kappa shape index (κ1) is 17.1. The number of rotatable bonds is 3. The van der Waals surface area contributed by atoms with Crippen LogP contribution in [-0.2, 0) is 6.42 Å². The summed E-state index contributed by atoms with van der Waals surface area (Å²) in [5.74, 6) is 0. The van der Waals surface area contributed by atoms with Crippen molar-refractivity contribution in [2.75, 3.05) is 0 Å². The minimum atomic E-state index is -0.329. The van der Waals surface area contributed by atoms with E-state index >= 15 is 0 Å². The first-order valence-electron chi connectivity index (χ1n) is 6.02. The van der Waals surface area contributed by atoms with Crippen LogP contribution in [0.3, 0.4) is 0 Å². The van der Waals surface area contributed by atoms with Gasteiger partial charge < -0.3 is 5.73 Å². The van der Waals surface area contributed by atoms with Crippen molar-refractivity contribution in [3.8, 4) is 6.07 Å². The van der Waals surface area contributed by atoms with Crippen molar-refractivity contribution in [1.29, 1.82) is 5.26 Å². The highest BCUT2D eigenvalue weighted by molar-refractivity contribution is 5.15. The van der Waals surface area contributed by atoms with Gasteiger partial charge in [-0.05, 0) is 18.4 Å². The van der Waals surface area contributed by atoms with Crippen LogP contribution < -0.4 is 5.73 Å². The average molecular weight is 220 g/mol. The summed E-state index contributed by atoms with van der Waals surface area (Å²) in [5.41, 5.74) is 6.70. The van der Waals surface area contributed by atoms with E-state index in [1.54, 1.807) is 0 Å². The van der Waals surface area contributed by atoms with Gasteiger partial charge in [0.15, 0.2) is 0 Å². The summed E-state index contributed by atoms with van der Waals surface area (Å²) < 4.78 is 0. The van der Waals surface area contributed by atoms with Crippen molar-refractivity contribution in [3.63, 3.8) is 0 Å². The van der Waals surface area contributed by atoms with Gasteiger partial charge in [0, 0.05) is 0 Å². The molecule has 0 heterocycles. The topological polar surface area (TPSA) is 49.8 Å². The molecule has 2 N–H and O–H groups in total. The molecule has 0 aliphatic heterocycles. The zero-order valence-electron chi connectivity index (χ0n) is 10.9. The van der Waals surface area contributed by atoms with Crippen LogP contribution in [0.5, 0.6) is 0 Å². The third kappa shape index (κ3) is 9.23. The van der Waals surface area contributed by atoms with E-state index in [-0.39, 0.29) is 6.04 Å². The highest BCUT2D eigenvalue weighted by Crippen LogP contribution is 2.03. The van der Waals surface area contributed by atoms with Crippen molar-refractivity contribution < 1.29 is 0 Å². The first-order chi connectivity index (χ1) is 7.83. The molecule has 0 amide bonds. The number of hydrogen-bond acceptors (Lipinski definition) is 2. The molecule has 2 nitrogen and oxygen atoms in total. The van der Waals surface area contributed by atoms with E-state index in [1.165, 1.54) is 5.56 Å². The van der Waals surface area contributed by atoms with Crippen molar-refractivity contribution >= 4 is 0 Å². The normalized spacial score (nSPS) is 9.75. The van der Waals surface area contributed by atoms with Crippen LogP contribution >= 0.6 is 0 Å². The number of nitrogens with zero attached hydrogens (tertiary/aromatic N) is 1. The Morgan fingerprint density at radius 1 is 1.12 bits per heavy atom. The molecule has 2 heteroatoms. The van der Waals surface area contributed by atoms with Crippen molar-refractivity contribution in [2.24, 2.45) is 5.73 Å². The Hall–Kier alpha value is -1.33. The van der Waals surface area contributed by atoms with E-state index in [4.69, 9.17) is 11.0 Å². The minimum Gasteiger partial charge on any atom is -0.316 e. The molecule has 0 bridgehead atoms. The highest BCUT2D eigenvalue weighted by atomic mass is 14.6. The van der Waals surface area contributed by atoms with Crippen molar-refractivity contribution in [3.05, 3.63) is 35.9 Å². The van der Waals surface area contributed by atoms with Gasteiger partial charge in [0.05, 0.1) is 12.1 Å². The van der Waals surface area contributed by atoms with Gasteiger partial charge in [0.2, 0.25) is 0 Å². The lowest BCUT2D eigenvalue weighted by Crippen LogP contribution is -2.17. The fourth-order valence-corrected chi connectivity index (χ4v) is 1.03. The lowest BCUT2D eigenvalue weighted by Gasteiger charge is -2.01. The Morgan fingerprint density at radius 3 is 2.06 bits per heavy atom. The van der Waals surface area contributed by atoms with Crippen LogP contribution in [0.1, 0.15) is 39.7 Å². The maximum absolute atomic E-state index is 8.44. The second kappa shape index (κ2) is 13.7. The summed E-state index contributed by atoms with van der Waals surface area (Å²) >= 11 is 0. The molecule has 1 atom stereocenters. The number of benzene rings is 1. The van der Waals surface area contributed by atoms with E-state index in [0.29, 0.717) is 0 Å². The summed E-state index contributed by atoms with van der Waals surface area (Å²) in [6, 6.07) is 11.7. The van der Waals surface area contributed by atoms with Gasteiger partial charge in [-0.25, -0.2) is 0 Å². The second-order valence-corrected chi connectivity index (χ2v) is 2.76. The number of hydrogen-bond donors (Lipinski definition) is 1. The Bertz CT molecular complexity index is 262. The molecule has 1 rings (SSSR count). The molecule has 1 aromatic rings. The molecular weight excluding hydrogens is 196 g/mol. The van der Waals surface area contributed by atoms with Gasteiger partial charge in [0.25, 0.3) is 0 Å². The number of nitrogens with two attached hydrogens (primary N) is 1. The van der Waals surface area contributed by atoms with Crippen LogP contribution in [0, 0.1) is 11.3 Å². The maximum atomic E-state index is 8.44. The van der Waals surface area contributed by atoms with Crippen LogP contribution in [0.2, 0.25) is 0 Å². The van der Waals surface area contributed by atoms with E-state index in [2.05, 4.69) is 0 Å². The van der Waals surface area contributed by atoms with E-state index in [1.807, 2.05) is 64.1 Å². The van der Waals surface area contributed by atoms with Gasteiger partial charge in [-0.3, -0.25) is 0 Å². The quantitative estimate of drug-likeness (QED) is 0.847. The summed E-state index contributed by atoms with van der Waals surface area (Å²) in [4.78, 5) is 0. The molecule has 0 spiro atoms. The summed E-state index contributed by atoms with van der Waals surface area (Å²) in [5, 5.41) is 8.44. The van der Waals surface area contributed by atoms with Crippen molar-refractivity contribution in [1.82, 2.24) is 0 Å². The molecule has 0 saturated carbocycles. The summed E-state index contributed by atoms with van der Waals surface area (Å²) in [7, 11) is 0. The summed E-state index contributed by atoms with van der Waals surface area (Å²) in [6.07, 6.45) is 1.62. The second-order valence-electron chi connectivity index (χ2n) is 2.76. The molecule has 0 saturated heterocycles. The average Bonchev–Trinajstić information content (AvgIpc) is 2.41. The Morgan fingerprint density at radius 2 is 1.62 bits per heavy atom. The molecular formula is C14H24N2. The predicted molar refractivity (Wildman–Crippen MR) is 71.0 cm³/mol. The smallest absolute Gasteiger partial charge is 0.0931 e. The predicted octanol–water partition coefficient (Wildman–Crippen LogP) is 3.52. The monoisotopic (exact) mass is 220 g/mol. The molecule has 0 aliphatic rings. The van der Waals surface area contributed by atoms with E-state index < -0.39 is 0 Å². The molecule has 0 fully saturated rings. The van der Waals surface area contributed by atoms with Crippen LogP contribution in [0.4, 0.5) is 0 Å². The lowest BCUT2D eigenvalue weighted by molar-refractivity contribution is 0.731. The zero-order valence-corrected chi connectivity index (χ0v) is 10.9. The SMILES string of the molecule is CC.CC.N#CC(N)CCc1ccccc1. The molecule has 0 radical (unpaired) electrons. The zero-order chi connectivity index (χ0) is 12.8. The summed E-state index contributed by atoms with van der Waals surface area (Å²) in [6.45, 7) is 8.00. The Labute approximate surface area is 100 Å². The van der Waals surface area contributed by atoms with Gasteiger partial charge >= 0.3 is 0 Å². The van der Waals surface area contributed by atoms with Crippen LogP contribution in [-0.4, -0.2) is 6.04 Å². The molecule has 1 aromatic carbocycles. The minimum absolute atomic E-state index is 0.329. The third-order valence-corrected chi connectivity index (χ3v) is 1.75. The van der Waals surface area contributed by atoms with Crippen LogP contribution in [0.15, 0.2) is 30.3 Å². The fourth-order valence-electron chi connectivity index (χ4n) is 1.03. The first-order valence-corrected chi connectivity index (χ1v) is 6.02. The van der Waals surface area contributed by atoms with Gasteiger partial charge in [-0.2, -0.15) is 5.26 Å². The fraction of sp³-hybridized carbons (Fsp3) is 0.500. The molecule has 16 heavy (non-hydrogen) atoms. The van der Waals surface area contributed by atoms with Gasteiger partial charge in [-0.1, -0.05) is 58.0 Å². The Kier molecular flexibility index (Phi) is 14.6. The molecule has 0 aromatic heterocycles. The van der Waals surface area contributed by atoms with Gasteiger partial charge in [-0.15, -0.1) is 0 Å². The lowest BCUT2D eigenvalue weighted by atomic mass is 10.1. The number of aryl methyl sites for hydroxylation is 1. The van der Waals surface area contributed by atoms with Gasteiger partial charge in [0.1, 0.15) is 0 Å². The third-order valence-electron chi connectivity index (χ3n) is 1.75. The van der Waals surface area contributed by atoms with E-state index in [0.717, 1.165) is 12.8 Å². The standard InChI is InChI=1S/C10H12N2.2C2H6/c11-8-10(12)7-6-9-4-2-1-3-5-9;2*1-2/h1-5,10H,6-7,12H2;2*1-2H3. The molecule has 0 aliphatic carbocycles. The maximum Gasteiger partial charge on any atom is 0.0931 e. The highest BCUT2D eigenvalue weighted by Gasteiger charge is 1.99.